The summed E-state index contributed by atoms with van der Waals surface area (Å²) in [4.78, 5) is 15.4. The summed E-state index contributed by atoms with van der Waals surface area (Å²) in [6.45, 7) is 8.99. The predicted molar refractivity (Wildman–Crippen MR) is 117 cm³/mol. The van der Waals surface area contributed by atoms with Crippen molar-refractivity contribution in [2.24, 2.45) is 5.92 Å². The maximum Gasteiger partial charge on any atom is 0.320 e. The van der Waals surface area contributed by atoms with Gasteiger partial charge in [0.15, 0.2) is 6.10 Å². The van der Waals surface area contributed by atoms with E-state index in [1.807, 2.05) is 22.9 Å². The van der Waals surface area contributed by atoms with E-state index < -0.39 is 0 Å². The first kappa shape index (κ1) is 22.7. The first-order chi connectivity index (χ1) is 13.6. The third-order valence-corrected chi connectivity index (χ3v) is 8.23. The standard InChI is InChI=1S/C23H30NO2S2.BrH/c1-17(2)6-3-11-24-12-9-18(10-13-24)19(16-24)26-23(25)22(20-7-4-14-27-20)21-8-5-15-28-21;/h4-8,14-15,18-19,22H,3,9-13,16H2,1-2H3;1H/q+1;/p-1/t18?,19-,24?;/m0./s1. The minimum absolute atomic E-state index is 0. The highest BCUT2D eigenvalue weighted by Gasteiger charge is 2.47. The molecule has 2 bridgehead atoms. The van der Waals surface area contributed by atoms with E-state index in [1.165, 1.54) is 38.0 Å². The molecule has 3 saturated heterocycles. The Balaban J connectivity index is 0.00000240. The molecule has 0 amide bonds. The molecule has 3 aliphatic rings. The molecular formula is C23H30BrNO2S2. The normalized spacial score (nSPS) is 25.5. The summed E-state index contributed by atoms with van der Waals surface area (Å²) in [7, 11) is 0. The maximum absolute atomic E-state index is 13.3. The van der Waals surface area contributed by atoms with Gasteiger partial charge in [0, 0.05) is 34.9 Å². The van der Waals surface area contributed by atoms with Crippen LogP contribution in [0.15, 0.2) is 46.7 Å². The zero-order valence-electron chi connectivity index (χ0n) is 17.2. The molecule has 1 atom stereocenters. The van der Waals surface area contributed by atoms with E-state index in [1.54, 1.807) is 22.7 Å². The van der Waals surface area contributed by atoms with E-state index in [-0.39, 0.29) is 35.0 Å². The van der Waals surface area contributed by atoms with Gasteiger partial charge in [-0.15, -0.1) is 22.7 Å². The average Bonchev–Trinajstić information content (AvgIpc) is 3.37. The van der Waals surface area contributed by atoms with Crippen molar-refractivity contribution >= 4 is 28.6 Å². The number of esters is 1. The smallest absolute Gasteiger partial charge is 0.320 e. The Bertz CT molecular complexity index is 770. The molecule has 3 nitrogen and oxygen atoms in total. The summed E-state index contributed by atoms with van der Waals surface area (Å²) in [6.07, 6.45) is 5.92. The lowest BCUT2D eigenvalue weighted by Crippen LogP contribution is -3.00. The number of allylic oxidation sites excluding steroid dienone is 1. The third-order valence-electron chi connectivity index (χ3n) is 6.36. The fraction of sp³-hybridized carbons (Fsp3) is 0.522. The molecule has 158 valence electrons. The molecule has 6 heteroatoms. The van der Waals surface area contributed by atoms with Crippen LogP contribution in [0, 0.1) is 5.92 Å². The number of nitrogens with zero attached hydrogens (tertiary/aromatic N) is 1. The van der Waals surface area contributed by atoms with Crippen LogP contribution < -0.4 is 17.0 Å². The summed E-state index contributed by atoms with van der Waals surface area (Å²) in [6, 6.07) is 8.15. The fourth-order valence-electron chi connectivity index (χ4n) is 4.80. The highest BCUT2D eigenvalue weighted by molar-refractivity contribution is 7.11. The van der Waals surface area contributed by atoms with Crippen molar-refractivity contribution < 1.29 is 31.0 Å². The van der Waals surface area contributed by atoms with Gasteiger partial charge in [0.2, 0.25) is 0 Å². The zero-order chi connectivity index (χ0) is 19.6. The van der Waals surface area contributed by atoms with Gasteiger partial charge in [-0.1, -0.05) is 23.8 Å². The number of hydrogen-bond acceptors (Lipinski definition) is 4. The molecule has 5 rings (SSSR count). The van der Waals surface area contributed by atoms with Gasteiger partial charge in [0.05, 0.1) is 19.6 Å². The number of quaternary nitrogens is 1. The van der Waals surface area contributed by atoms with Gasteiger partial charge >= 0.3 is 5.97 Å². The number of carbonyl (C=O) groups is 1. The van der Waals surface area contributed by atoms with Crippen molar-refractivity contribution in [2.75, 3.05) is 26.2 Å². The number of rotatable bonds is 7. The Morgan fingerprint density at radius 1 is 1.17 bits per heavy atom. The third kappa shape index (κ3) is 5.22. The van der Waals surface area contributed by atoms with Gasteiger partial charge in [-0.25, -0.2) is 0 Å². The van der Waals surface area contributed by atoms with E-state index in [0.29, 0.717) is 5.92 Å². The molecule has 29 heavy (non-hydrogen) atoms. The van der Waals surface area contributed by atoms with Gasteiger partial charge in [0.1, 0.15) is 12.5 Å². The number of piperidine rings is 3. The van der Waals surface area contributed by atoms with Gasteiger partial charge in [-0.3, -0.25) is 4.79 Å². The molecule has 5 heterocycles. The lowest BCUT2D eigenvalue weighted by Gasteiger charge is -2.52. The molecule has 3 fully saturated rings. The summed E-state index contributed by atoms with van der Waals surface area (Å²) < 4.78 is 7.36. The Morgan fingerprint density at radius 2 is 1.79 bits per heavy atom. The van der Waals surface area contributed by atoms with Crippen molar-refractivity contribution in [3.8, 4) is 0 Å². The second-order valence-corrected chi connectivity index (χ2v) is 10.5. The van der Waals surface area contributed by atoms with Crippen LogP contribution in [0.4, 0.5) is 0 Å². The second-order valence-electron chi connectivity index (χ2n) is 8.54. The average molecular weight is 497 g/mol. The van der Waals surface area contributed by atoms with Crippen LogP contribution in [-0.4, -0.2) is 42.7 Å². The van der Waals surface area contributed by atoms with Gasteiger partial charge in [-0.05, 0) is 36.7 Å². The molecule has 0 radical (unpaired) electrons. The molecule has 0 aliphatic carbocycles. The van der Waals surface area contributed by atoms with Crippen molar-refractivity contribution in [1.82, 2.24) is 0 Å². The number of halogens is 1. The van der Waals surface area contributed by atoms with Crippen LogP contribution in [0.25, 0.3) is 0 Å². The van der Waals surface area contributed by atoms with Crippen molar-refractivity contribution in [3.05, 3.63) is 56.4 Å². The van der Waals surface area contributed by atoms with E-state index >= 15 is 0 Å². The molecule has 0 unspecified atom stereocenters. The molecule has 0 aromatic carbocycles. The van der Waals surface area contributed by atoms with E-state index in [9.17, 15) is 4.79 Å². The van der Waals surface area contributed by atoms with E-state index in [2.05, 4.69) is 32.1 Å². The van der Waals surface area contributed by atoms with Crippen LogP contribution in [0.1, 0.15) is 48.8 Å². The van der Waals surface area contributed by atoms with Crippen molar-refractivity contribution in [1.29, 1.82) is 0 Å². The fourth-order valence-corrected chi connectivity index (χ4v) is 6.53. The SMILES string of the molecule is CC(C)=CCC[N+]12CCC(CC1)[C@@H](OC(=O)C(c1cccs1)c1cccs1)C2.[Br-]. The number of thiophene rings is 2. The van der Waals surface area contributed by atoms with Crippen LogP contribution in [0.5, 0.6) is 0 Å². The number of hydrogen-bond donors (Lipinski definition) is 0. The molecule has 2 aromatic heterocycles. The highest BCUT2D eigenvalue weighted by Crippen LogP contribution is 2.38. The van der Waals surface area contributed by atoms with Crippen LogP contribution >= 0.6 is 22.7 Å². The molecule has 0 N–H and O–H groups in total. The Morgan fingerprint density at radius 3 is 2.31 bits per heavy atom. The molecule has 0 spiro atoms. The zero-order valence-corrected chi connectivity index (χ0v) is 20.4. The Labute approximate surface area is 192 Å². The van der Waals surface area contributed by atoms with Gasteiger partial charge in [0.25, 0.3) is 0 Å². The monoisotopic (exact) mass is 495 g/mol. The predicted octanol–water partition coefficient (Wildman–Crippen LogP) is 2.45. The lowest BCUT2D eigenvalue weighted by atomic mass is 9.83. The number of carbonyl (C=O) groups excluding carboxylic acids is 1. The minimum Gasteiger partial charge on any atom is -1.00 e. The molecular weight excluding hydrogens is 466 g/mol. The van der Waals surface area contributed by atoms with Gasteiger partial charge in [-0.2, -0.15) is 0 Å². The molecule has 2 aromatic rings. The number of fused-ring (bicyclic) bond motifs is 3. The molecule has 0 saturated carbocycles. The van der Waals surface area contributed by atoms with Crippen molar-refractivity contribution in [2.45, 2.75) is 45.1 Å². The van der Waals surface area contributed by atoms with Crippen LogP contribution in [-0.2, 0) is 9.53 Å². The summed E-state index contributed by atoms with van der Waals surface area (Å²) >= 11 is 3.29. The Kier molecular flexibility index (Phi) is 7.76. The van der Waals surface area contributed by atoms with Crippen molar-refractivity contribution in [3.63, 3.8) is 0 Å². The van der Waals surface area contributed by atoms with Crippen LogP contribution in [0.3, 0.4) is 0 Å². The highest BCUT2D eigenvalue weighted by atomic mass is 79.9. The topological polar surface area (TPSA) is 26.3 Å². The summed E-state index contributed by atoms with van der Waals surface area (Å²) in [5.74, 6) is 0.209. The summed E-state index contributed by atoms with van der Waals surface area (Å²) in [5.41, 5.74) is 1.39. The quantitative estimate of drug-likeness (QED) is 0.335. The number of ether oxygens (including phenoxy) is 1. The largest absolute Gasteiger partial charge is 1.00 e. The van der Waals surface area contributed by atoms with Gasteiger partial charge < -0.3 is 26.2 Å². The first-order valence-corrected chi connectivity index (χ1v) is 12.1. The minimum atomic E-state index is -0.269. The summed E-state index contributed by atoms with van der Waals surface area (Å²) in [5, 5.41) is 4.09. The van der Waals surface area contributed by atoms with E-state index in [0.717, 1.165) is 27.2 Å². The maximum atomic E-state index is 13.3. The Hall–Kier alpha value is -0.950. The van der Waals surface area contributed by atoms with Crippen LogP contribution in [0.2, 0.25) is 0 Å². The molecule has 3 aliphatic heterocycles. The van der Waals surface area contributed by atoms with E-state index in [4.69, 9.17) is 4.74 Å². The lowest BCUT2D eigenvalue weighted by molar-refractivity contribution is -0.945. The first-order valence-electron chi connectivity index (χ1n) is 10.3. The second kappa shape index (κ2) is 9.90.